The van der Waals surface area contributed by atoms with Gasteiger partial charge in [-0.15, -0.1) is 0 Å². The van der Waals surface area contributed by atoms with E-state index in [1.165, 1.54) is 11.8 Å². The molecule has 0 spiro atoms. The van der Waals surface area contributed by atoms with Crippen LogP contribution in [0.1, 0.15) is 32.6 Å². The lowest BCUT2D eigenvalue weighted by Gasteiger charge is -2.09. The molecule has 7 nitrogen and oxygen atoms in total. The molecule has 2 amide bonds. The summed E-state index contributed by atoms with van der Waals surface area (Å²) in [5, 5.41) is 5.68. The zero-order valence-corrected chi connectivity index (χ0v) is 16.2. The summed E-state index contributed by atoms with van der Waals surface area (Å²) in [6.07, 6.45) is 3.25. The maximum Gasteiger partial charge on any atom is 0.240 e. The van der Waals surface area contributed by atoms with Gasteiger partial charge in [0.2, 0.25) is 11.8 Å². The molecule has 2 aliphatic rings. The summed E-state index contributed by atoms with van der Waals surface area (Å²) in [7, 11) is 0. The van der Waals surface area contributed by atoms with E-state index in [1.54, 1.807) is 12.1 Å². The summed E-state index contributed by atoms with van der Waals surface area (Å²) in [6.45, 7) is 4.04. The first-order valence-corrected chi connectivity index (χ1v) is 10.2. The van der Waals surface area contributed by atoms with Crippen LogP contribution in [0.4, 0.5) is 5.69 Å². The number of benzene rings is 1. The van der Waals surface area contributed by atoms with Crippen molar-refractivity contribution in [3.05, 3.63) is 24.3 Å². The quantitative estimate of drug-likeness (QED) is 0.711. The fourth-order valence-corrected chi connectivity index (χ4v) is 3.80. The van der Waals surface area contributed by atoms with Gasteiger partial charge >= 0.3 is 0 Å². The lowest BCUT2D eigenvalue weighted by atomic mass is 10.2. The summed E-state index contributed by atoms with van der Waals surface area (Å²) in [5.74, 6) is 0.391. The predicted molar refractivity (Wildman–Crippen MR) is 106 cm³/mol. The first-order valence-electron chi connectivity index (χ1n) is 9.30. The number of amides is 2. The van der Waals surface area contributed by atoms with Crippen molar-refractivity contribution in [3.8, 4) is 5.75 Å². The third-order valence-corrected chi connectivity index (χ3v) is 5.34. The zero-order chi connectivity index (χ0) is 19.1. The van der Waals surface area contributed by atoms with Crippen LogP contribution in [-0.2, 0) is 14.3 Å². The maximum atomic E-state index is 12.2. The number of carbonyl (C=O) groups is 2. The SMILES string of the molecule is CCCOc1ccc(NC(=O)CC2SC(=NCC3CCCO3)NC2=O)cc1. The van der Waals surface area contributed by atoms with Gasteiger partial charge in [-0.1, -0.05) is 18.7 Å². The van der Waals surface area contributed by atoms with Crippen LogP contribution in [0, 0.1) is 0 Å². The molecule has 1 aromatic rings. The van der Waals surface area contributed by atoms with Crippen molar-refractivity contribution in [1.29, 1.82) is 0 Å². The first-order chi connectivity index (χ1) is 13.1. The minimum atomic E-state index is -0.458. The Morgan fingerprint density at radius 3 is 2.93 bits per heavy atom. The van der Waals surface area contributed by atoms with E-state index < -0.39 is 5.25 Å². The largest absolute Gasteiger partial charge is 0.494 e. The molecular weight excluding hydrogens is 366 g/mol. The summed E-state index contributed by atoms with van der Waals surface area (Å²) < 4.78 is 11.0. The van der Waals surface area contributed by atoms with Crippen LogP contribution in [-0.4, -0.2) is 48.1 Å². The number of hydrogen-bond donors (Lipinski definition) is 2. The topological polar surface area (TPSA) is 89.0 Å². The van der Waals surface area contributed by atoms with Gasteiger partial charge in [0, 0.05) is 18.7 Å². The molecule has 2 saturated heterocycles. The van der Waals surface area contributed by atoms with Gasteiger partial charge in [-0.05, 0) is 43.5 Å². The molecule has 2 unspecified atom stereocenters. The van der Waals surface area contributed by atoms with Crippen molar-refractivity contribution in [2.45, 2.75) is 44.0 Å². The number of aliphatic imine (C=N–C) groups is 1. The minimum Gasteiger partial charge on any atom is -0.494 e. The van der Waals surface area contributed by atoms with Crippen molar-refractivity contribution in [3.63, 3.8) is 0 Å². The van der Waals surface area contributed by atoms with Gasteiger partial charge in [0.25, 0.3) is 0 Å². The van der Waals surface area contributed by atoms with Gasteiger partial charge in [-0.2, -0.15) is 0 Å². The number of nitrogens with one attached hydrogen (secondary N) is 2. The fraction of sp³-hybridized carbons (Fsp3) is 0.526. The Morgan fingerprint density at radius 2 is 2.22 bits per heavy atom. The Balaban J connectivity index is 1.45. The molecule has 3 rings (SSSR count). The van der Waals surface area contributed by atoms with Crippen molar-refractivity contribution in [2.75, 3.05) is 25.1 Å². The van der Waals surface area contributed by atoms with E-state index in [-0.39, 0.29) is 24.3 Å². The molecule has 8 heteroatoms. The molecule has 2 fully saturated rings. The normalized spacial score (nSPS) is 23.4. The Hall–Kier alpha value is -2.06. The zero-order valence-electron chi connectivity index (χ0n) is 15.4. The number of anilines is 1. The second-order valence-electron chi connectivity index (χ2n) is 6.50. The fourth-order valence-electron chi connectivity index (χ4n) is 2.82. The molecule has 0 aliphatic carbocycles. The van der Waals surface area contributed by atoms with Gasteiger partial charge in [-0.3, -0.25) is 14.6 Å². The van der Waals surface area contributed by atoms with E-state index >= 15 is 0 Å². The van der Waals surface area contributed by atoms with E-state index in [9.17, 15) is 9.59 Å². The highest BCUT2D eigenvalue weighted by Crippen LogP contribution is 2.24. The lowest BCUT2D eigenvalue weighted by Crippen LogP contribution is -2.28. The number of carbonyl (C=O) groups excluding carboxylic acids is 2. The third-order valence-electron chi connectivity index (χ3n) is 4.22. The van der Waals surface area contributed by atoms with Crippen LogP contribution in [0.25, 0.3) is 0 Å². The Bertz CT molecular complexity index is 687. The molecule has 0 saturated carbocycles. The average molecular weight is 391 g/mol. The maximum absolute atomic E-state index is 12.2. The summed E-state index contributed by atoms with van der Waals surface area (Å²) in [5.41, 5.74) is 0.680. The average Bonchev–Trinajstić information content (AvgIpc) is 3.29. The molecule has 27 heavy (non-hydrogen) atoms. The van der Waals surface area contributed by atoms with E-state index in [4.69, 9.17) is 9.47 Å². The lowest BCUT2D eigenvalue weighted by molar-refractivity contribution is -0.122. The van der Waals surface area contributed by atoms with Crippen LogP contribution in [0.15, 0.2) is 29.3 Å². The van der Waals surface area contributed by atoms with Gasteiger partial charge in [0.15, 0.2) is 5.17 Å². The number of nitrogens with zero attached hydrogens (tertiary/aromatic N) is 1. The van der Waals surface area contributed by atoms with E-state index in [2.05, 4.69) is 15.6 Å². The number of thioether (sulfide) groups is 1. The number of rotatable bonds is 8. The smallest absolute Gasteiger partial charge is 0.240 e. The number of amidine groups is 1. The standard InChI is InChI=1S/C19H25N3O4S/c1-2-9-25-14-7-5-13(6-8-14)21-17(23)11-16-18(24)22-19(27-16)20-12-15-4-3-10-26-15/h5-8,15-16H,2-4,9-12H2,1H3,(H,21,23)(H,20,22,24). The molecule has 2 heterocycles. The summed E-state index contributed by atoms with van der Waals surface area (Å²) in [6, 6.07) is 7.22. The monoisotopic (exact) mass is 391 g/mol. The van der Waals surface area contributed by atoms with E-state index in [0.717, 1.165) is 31.6 Å². The summed E-state index contributed by atoms with van der Waals surface area (Å²) in [4.78, 5) is 28.7. The molecule has 2 atom stereocenters. The highest BCUT2D eigenvalue weighted by atomic mass is 32.2. The second-order valence-corrected chi connectivity index (χ2v) is 7.69. The van der Waals surface area contributed by atoms with Crippen molar-refractivity contribution < 1.29 is 19.1 Å². The Morgan fingerprint density at radius 1 is 1.41 bits per heavy atom. The Labute approximate surface area is 163 Å². The predicted octanol–water partition coefficient (Wildman–Crippen LogP) is 2.57. The van der Waals surface area contributed by atoms with Crippen molar-refractivity contribution in [2.24, 2.45) is 4.99 Å². The van der Waals surface area contributed by atoms with E-state index in [1.807, 2.05) is 19.1 Å². The van der Waals surface area contributed by atoms with Gasteiger partial charge in [0.05, 0.1) is 19.3 Å². The molecule has 0 bridgehead atoms. The molecule has 2 N–H and O–H groups in total. The van der Waals surface area contributed by atoms with Crippen LogP contribution >= 0.6 is 11.8 Å². The first kappa shape index (κ1) is 19.7. The molecule has 2 aliphatic heterocycles. The third kappa shape index (κ3) is 5.97. The molecule has 146 valence electrons. The van der Waals surface area contributed by atoms with Crippen LogP contribution in [0.3, 0.4) is 0 Å². The molecule has 1 aromatic carbocycles. The second kappa shape index (κ2) is 9.75. The molecule has 0 radical (unpaired) electrons. The van der Waals surface area contributed by atoms with Gasteiger partial charge < -0.3 is 20.1 Å². The highest BCUT2D eigenvalue weighted by Gasteiger charge is 2.32. The van der Waals surface area contributed by atoms with Crippen molar-refractivity contribution in [1.82, 2.24) is 5.32 Å². The van der Waals surface area contributed by atoms with E-state index in [0.29, 0.717) is 24.0 Å². The number of hydrogen-bond acceptors (Lipinski definition) is 6. The van der Waals surface area contributed by atoms with Gasteiger partial charge in [-0.25, -0.2) is 0 Å². The highest BCUT2D eigenvalue weighted by molar-refractivity contribution is 8.15. The Kier molecular flexibility index (Phi) is 7.11. The van der Waals surface area contributed by atoms with Gasteiger partial charge in [0.1, 0.15) is 11.0 Å². The van der Waals surface area contributed by atoms with Crippen LogP contribution in [0.2, 0.25) is 0 Å². The number of ether oxygens (including phenoxy) is 2. The van der Waals surface area contributed by atoms with Crippen LogP contribution in [0.5, 0.6) is 5.75 Å². The van der Waals surface area contributed by atoms with Crippen LogP contribution < -0.4 is 15.4 Å². The molecular formula is C19H25N3O4S. The summed E-state index contributed by atoms with van der Waals surface area (Å²) >= 11 is 1.31. The molecule has 0 aromatic heterocycles. The van der Waals surface area contributed by atoms with Crippen molar-refractivity contribution >= 4 is 34.4 Å². The minimum absolute atomic E-state index is 0.101.